The molecule has 1 aliphatic rings. The van der Waals surface area contributed by atoms with Crippen LogP contribution in [0, 0.1) is 11.3 Å². The van der Waals surface area contributed by atoms with E-state index in [-0.39, 0.29) is 6.09 Å². The summed E-state index contributed by atoms with van der Waals surface area (Å²) in [5, 5.41) is 9.28. The number of nitrogens with zero attached hydrogens (tertiary/aromatic N) is 3. The van der Waals surface area contributed by atoms with Gasteiger partial charge in [0.25, 0.3) is 0 Å². The number of ether oxygens (including phenoxy) is 1. The fraction of sp³-hybridized carbons (Fsp3) is 0.438. The fourth-order valence-electron chi connectivity index (χ4n) is 2.20. The number of carbonyl (C=O) groups is 1. The first-order chi connectivity index (χ1) is 10.3. The van der Waals surface area contributed by atoms with Crippen LogP contribution < -0.4 is 0 Å². The number of nitriles is 1. The molecule has 116 valence electrons. The number of halogens is 1. The summed E-state index contributed by atoms with van der Waals surface area (Å²) in [7, 11) is 0. The lowest BCUT2D eigenvalue weighted by atomic mass is 9.97. The maximum atomic E-state index is 12.0. The Hall–Kier alpha value is -1.87. The number of rotatable bonds is 1. The fourth-order valence-corrected chi connectivity index (χ4v) is 2.62. The van der Waals surface area contributed by atoms with Gasteiger partial charge in [-0.2, -0.15) is 5.26 Å². The molecule has 0 saturated carbocycles. The molecule has 0 radical (unpaired) electrons. The Morgan fingerprint density at radius 2 is 2.18 bits per heavy atom. The van der Waals surface area contributed by atoms with Gasteiger partial charge in [-0.1, -0.05) is 6.08 Å². The summed E-state index contributed by atoms with van der Waals surface area (Å²) in [4.78, 5) is 17.8. The van der Waals surface area contributed by atoms with E-state index < -0.39 is 5.60 Å². The highest BCUT2D eigenvalue weighted by atomic mass is 79.9. The minimum Gasteiger partial charge on any atom is -0.444 e. The first kappa shape index (κ1) is 16.5. The van der Waals surface area contributed by atoms with Gasteiger partial charge in [0.05, 0.1) is 10.0 Å². The maximum absolute atomic E-state index is 12.0. The van der Waals surface area contributed by atoms with Crippen molar-refractivity contribution in [2.24, 2.45) is 0 Å². The van der Waals surface area contributed by atoms with Gasteiger partial charge in [0.1, 0.15) is 11.7 Å². The van der Waals surface area contributed by atoms with Crippen molar-refractivity contribution < 1.29 is 9.53 Å². The smallest absolute Gasteiger partial charge is 0.410 e. The predicted molar refractivity (Wildman–Crippen MR) is 87.1 cm³/mol. The number of hydrogen-bond donors (Lipinski definition) is 0. The van der Waals surface area contributed by atoms with Crippen LogP contribution in [0.3, 0.4) is 0 Å². The summed E-state index contributed by atoms with van der Waals surface area (Å²) in [5.74, 6) is 0. The average Bonchev–Trinajstić information content (AvgIpc) is 2.45. The molecule has 2 heterocycles. The van der Waals surface area contributed by atoms with Crippen molar-refractivity contribution in [3.05, 3.63) is 34.1 Å². The molecule has 0 atom stereocenters. The Balaban J connectivity index is 2.15. The summed E-state index contributed by atoms with van der Waals surface area (Å²) >= 11 is 3.35. The lowest BCUT2D eigenvalue weighted by Crippen LogP contribution is -2.39. The van der Waals surface area contributed by atoms with E-state index in [0.717, 1.165) is 11.1 Å². The highest BCUT2D eigenvalue weighted by Gasteiger charge is 2.24. The van der Waals surface area contributed by atoms with Crippen LogP contribution in [0.2, 0.25) is 0 Å². The molecule has 0 unspecified atom stereocenters. The van der Waals surface area contributed by atoms with Crippen LogP contribution >= 0.6 is 15.9 Å². The van der Waals surface area contributed by atoms with Gasteiger partial charge in [-0.15, -0.1) is 0 Å². The molecule has 0 bridgehead atoms. The number of hydrogen-bond acceptors (Lipinski definition) is 4. The molecule has 2 rings (SSSR count). The molecular weight excluding hydrogens is 346 g/mol. The highest BCUT2D eigenvalue weighted by Crippen LogP contribution is 2.28. The quantitative estimate of drug-likeness (QED) is 0.761. The van der Waals surface area contributed by atoms with Crippen LogP contribution in [0.4, 0.5) is 4.79 Å². The van der Waals surface area contributed by atoms with Crippen LogP contribution in [-0.4, -0.2) is 34.7 Å². The van der Waals surface area contributed by atoms with E-state index in [1.54, 1.807) is 17.3 Å². The molecule has 1 amide bonds. The van der Waals surface area contributed by atoms with Gasteiger partial charge in [-0.25, -0.2) is 4.79 Å². The topological polar surface area (TPSA) is 66.2 Å². The monoisotopic (exact) mass is 363 g/mol. The lowest BCUT2D eigenvalue weighted by Gasteiger charge is -2.29. The number of amides is 1. The number of carbonyl (C=O) groups excluding carboxylic acids is 1. The molecule has 0 aromatic carbocycles. The third kappa shape index (κ3) is 3.86. The van der Waals surface area contributed by atoms with E-state index in [0.29, 0.717) is 29.5 Å². The molecule has 1 aromatic rings. The molecule has 6 heteroatoms. The Morgan fingerprint density at radius 3 is 2.73 bits per heavy atom. The zero-order valence-corrected chi connectivity index (χ0v) is 14.5. The second-order valence-corrected chi connectivity index (χ2v) is 6.92. The Morgan fingerprint density at radius 1 is 1.45 bits per heavy atom. The molecular formula is C16H18BrN3O2. The van der Waals surface area contributed by atoms with Gasteiger partial charge in [-0.3, -0.25) is 4.98 Å². The minimum absolute atomic E-state index is 0.310. The van der Waals surface area contributed by atoms with Gasteiger partial charge < -0.3 is 9.64 Å². The van der Waals surface area contributed by atoms with E-state index in [4.69, 9.17) is 4.74 Å². The molecule has 0 N–H and O–H groups in total. The number of pyridine rings is 1. The first-order valence-corrected chi connectivity index (χ1v) is 7.82. The van der Waals surface area contributed by atoms with Crippen LogP contribution in [0.1, 0.15) is 38.3 Å². The van der Waals surface area contributed by atoms with Gasteiger partial charge in [0.2, 0.25) is 0 Å². The van der Waals surface area contributed by atoms with Crippen LogP contribution in [0.5, 0.6) is 0 Å². The summed E-state index contributed by atoms with van der Waals surface area (Å²) in [5.41, 5.74) is 1.93. The third-order valence-corrected chi connectivity index (χ3v) is 3.82. The molecule has 0 fully saturated rings. The molecule has 5 nitrogen and oxygen atoms in total. The highest BCUT2D eigenvalue weighted by molar-refractivity contribution is 9.10. The van der Waals surface area contributed by atoms with Crippen molar-refractivity contribution in [1.82, 2.24) is 9.88 Å². The summed E-state index contributed by atoms with van der Waals surface area (Å²) in [6.45, 7) is 6.59. The lowest BCUT2D eigenvalue weighted by molar-refractivity contribution is 0.0270. The standard InChI is InChI=1S/C16H18BrN3O2/c1-16(2,3)22-15(21)20-6-4-11(5-7-20)13-9-19-10-14(17)12(13)8-18/h4,9-10H,5-7H2,1-3H3. The van der Waals surface area contributed by atoms with Crippen molar-refractivity contribution >= 4 is 27.6 Å². The molecule has 0 aliphatic carbocycles. The van der Waals surface area contributed by atoms with Crippen molar-refractivity contribution in [3.63, 3.8) is 0 Å². The zero-order chi connectivity index (χ0) is 16.3. The summed E-state index contributed by atoms with van der Waals surface area (Å²) in [6, 6.07) is 2.19. The summed E-state index contributed by atoms with van der Waals surface area (Å²) < 4.78 is 6.05. The van der Waals surface area contributed by atoms with Crippen LogP contribution in [-0.2, 0) is 4.74 Å². The van der Waals surface area contributed by atoms with E-state index in [1.165, 1.54) is 0 Å². The second-order valence-electron chi connectivity index (χ2n) is 6.06. The van der Waals surface area contributed by atoms with Crippen molar-refractivity contribution in [1.29, 1.82) is 5.26 Å². The molecule has 1 aromatic heterocycles. The van der Waals surface area contributed by atoms with Gasteiger partial charge in [-0.05, 0) is 48.7 Å². The third-order valence-electron chi connectivity index (χ3n) is 3.22. The second kappa shape index (κ2) is 6.49. The predicted octanol–water partition coefficient (Wildman–Crippen LogP) is 3.74. The van der Waals surface area contributed by atoms with E-state index in [1.807, 2.05) is 26.8 Å². The molecule has 22 heavy (non-hydrogen) atoms. The number of aromatic nitrogens is 1. The van der Waals surface area contributed by atoms with E-state index in [9.17, 15) is 10.1 Å². The minimum atomic E-state index is -0.497. The van der Waals surface area contributed by atoms with Crippen molar-refractivity contribution in [2.45, 2.75) is 32.8 Å². The van der Waals surface area contributed by atoms with Gasteiger partial charge >= 0.3 is 6.09 Å². The zero-order valence-electron chi connectivity index (χ0n) is 12.9. The molecule has 0 saturated heterocycles. The normalized spacial score (nSPS) is 15.0. The first-order valence-electron chi connectivity index (χ1n) is 7.03. The van der Waals surface area contributed by atoms with Gasteiger partial charge in [0.15, 0.2) is 0 Å². The molecule has 0 spiro atoms. The van der Waals surface area contributed by atoms with E-state index in [2.05, 4.69) is 27.0 Å². The maximum Gasteiger partial charge on any atom is 0.410 e. The summed E-state index contributed by atoms with van der Waals surface area (Å²) in [6.07, 6.45) is 5.62. The van der Waals surface area contributed by atoms with Crippen molar-refractivity contribution in [3.8, 4) is 6.07 Å². The Bertz CT molecular complexity index is 656. The van der Waals surface area contributed by atoms with Crippen LogP contribution in [0.15, 0.2) is 22.9 Å². The van der Waals surface area contributed by atoms with Crippen LogP contribution in [0.25, 0.3) is 5.57 Å². The Kier molecular flexibility index (Phi) is 4.87. The SMILES string of the molecule is CC(C)(C)OC(=O)N1CC=C(c2cncc(Br)c2C#N)CC1. The van der Waals surface area contributed by atoms with Gasteiger partial charge in [0, 0.05) is 31.0 Å². The largest absolute Gasteiger partial charge is 0.444 e. The Labute approximate surface area is 138 Å². The van der Waals surface area contributed by atoms with Crippen molar-refractivity contribution in [2.75, 3.05) is 13.1 Å². The average molecular weight is 364 g/mol. The van der Waals surface area contributed by atoms with E-state index >= 15 is 0 Å². The molecule has 1 aliphatic heterocycles.